The van der Waals surface area contributed by atoms with Crippen LogP contribution in [0.4, 0.5) is 0 Å². The quantitative estimate of drug-likeness (QED) is 0.694. The van der Waals surface area contributed by atoms with E-state index in [9.17, 15) is 0 Å². The van der Waals surface area contributed by atoms with Crippen LogP contribution in [0.1, 0.15) is 25.0 Å². The van der Waals surface area contributed by atoms with Crippen molar-refractivity contribution in [2.45, 2.75) is 19.4 Å². The zero-order valence-corrected chi connectivity index (χ0v) is 10.2. The molecule has 5 heteroatoms. The van der Waals surface area contributed by atoms with Crippen molar-refractivity contribution in [3.63, 3.8) is 0 Å². The minimum absolute atomic E-state index is 0.317. The van der Waals surface area contributed by atoms with E-state index in [1.54, 1.807) is 18.2 Å². The maximum Gasteiger partial charge on any atom is 0.563 e. The van der Waals surface area contributed by atoms with Gasteiger partial charge in [-0.1, -0.05) is 12.6 Å². The van der Waals surface area contributed by atoms with Gasteiger partial charge in [0.1, 0.15) is 17.7 Å². The molecule has 1 aliphatic heterocycles. The number of hydrogen-bond acceptors (Lipinski definition) is 4. The fraction of sp³-hybridized carbons (Fsp3) is 0.231. The highest BCUT2D eigenvalue weighted by Crippen LogP contribution is 2.29. The van der Waals surface area contributed by atoms with Crippen LogP contribution >= 0.6 is 0 Å². The lowest BCUT2D eigenvalue weighted by molar-refractivity contribution is 0.173. The molecule has 0 spiro atoms. The van der Waals surface area contributed by atoms with Gasteiger partial charge in [-0.05, 0) is 31.4 Å². The summed E-state index contributed by atoms with van der Waals surface area (Å²) in [6.07, 6.45) is 0. The fourth-order valence-corrected chi connectivity index (χ4v) is 1.66. The lowest BCUT2D eigenvalue weighted by Gasteiger charge is -2.15. The minimum Gasteiger partial charge on any atom is -0.534 e. The molecule has 4 nitrogen and oxygen atoms in total. The van der Waals surface area contributed by atoms with Crippen LogP contribution in [0, 0.1) is 22.7 Å². The van der Waals surface area contributed by atoms with E-state index in [0.717, 1.165) is 0 Å². The van der Waals surface area contributed by atoms with Crippen molar-refractivity contribution in [2.75, 3.05) is 0 Å². The molecule has 18 heavy (non-hydrogen) atoms. The first kappa shape index (κ1) is 12.2. The Bertz CT molecular complexity index is 596. The number of benzene rings is 1. The van der Waals surface area contributed by atoms with E-state index in [-0.39, 0.29) is 0 Å². The summed E-state index contributed by atoms with van der Waals surface area (Å²) in [4.78, 5) is 0. The molecular formula is C13H11BN2O2. The summed E-state index contributed by atoms with van der Waals surface area (Å²) in [6, 6.07) is 8.88. The molecule has 0 aromatic heterocycles. The summed E-state index contributed by atoms with van der Waals surface area (Å²) in [6.45, 7) is 7.52. The van der Waals surface area contributed by atoms with Crippen molar-refractivity contribution in [1.29, 1.82) is 10.5 Å². The van der Waals surface area contributed by atoms with Gasteiger partial charge in [-0.3, -0.25) is 0 Å². The van der Waals surface area contributed by atoms with Crippen LogP contribution in [-0.2, 0) is 9.31 Å². The van der Waals surface area contributed by atoms with Crippen LogP contribution in [0.25, 0.3) is 0 Å². The number of nitrogens with zero attached hydrogens (tertiary/aromatic N) is 2. The van der Waals surface area contributed by atoms with Crippen LogP contribution in [0.2, 0.25) is 0 Å². The first-order valence-electron chi connectivity index (χ1n) is 5.46. The highest BCUT2D eigenvalue weighted by atomic mass is 16.7. The van der Waals surface area contributed by atoms with E-state index in [1.165, 1.54) is 0 Å². The molecule has 88 valence electrons. The van der Waals surface area contributed by atoms with Crippen LogP contribution in [0.15, 0.2) is 30.5 Å². The lowest BCUT2D eigenvalue weighted by Crippen LogP contribution is -2.34. The second-order valence-electron chi connectivity index (χ2n) is 4.53. The molecule has 1 aromatic carbocycles. The summed E-state index contributed by atoms with van der Waals surface area (Å²) in [5.74, 6) is 0.551. The maximum atomic E-state index is 8.97. The molecule has 0 N–H and O–H groups in total. The van der Waals surface area contributed by atoms with Gasteiger partial charge in [-0.25, -0.2) is 0 Å². The second kappa shape index (κ2) is 4.21. The minimum atomic E-state index is -0.577. The van der Waals surface area contributed by atoms with Gasteiger partial charge in [0, 0.05) is 0 Å². The van der Waals surface area contributed by atoms with Gasteiger partial charge >= 0.3 is 7.12 Å². The van der Waals surface area contributed by atoms with Gasteiger partial charge in [-0.15, -0.1) is 0 Å². The van der Waals surface area contributed by atoms with E-state index < -0.39 is 12.7 Å². The molecule has 1 heterocycles. The van der Waals surface area contributed by atoms with Gasteiger partial charge < -0.3 is 9.31 Å². The lowest BCUT2D eigenvalue weighted by atomic mass is 9.78. The Labute approximate surface area is 106 Å². The van der Waals surface area contributed by atoms with E-state index in [2.05, 4.69) is 6.58 Å². The molecule has 2 rings (SSSR count). The average Bonchev–Trinajstić information content (AvgIpc) is 2.63. The van der Waals surface area contributed by atoms with E-state index >= 15 is 0 Å². The topological polar surface area (TPSA) is 66.0 Å². The van der Waals surface area contributed by atoms with Crippen molar-refractivity contribution in [2.24, 2.45) is 0 Å². The van der Waals surface area contributed by atoms with Gasteiger partial charge in [-0.2, -0.15) is 10.5 Å². The molecule has 0 saturated carbocycles. The molecule has 1 aliphatic rings. The molecule has 1 fully saturated rings. The molecule has 0 radical (unpaired) electrons. The normalized spacial score (nSPS) is 16.9. The van der Waals surface area contributed by atoms with Crippen LogP contribution in [0.3, 0.4) is 0 Å². The molecule has 0 aliphatic carbocycles. The zero-order valence-electron chi connectivity index (χ0n) is 10.2. The van der Waals surface area contributed by atoms with Crippen molar-refractivity contribution in [3.8, 4) is 12.1 Å². The SMILES string of the molecule is C=C1OB(c2ccc(C#N)c(C#N)c2)OC1(C)C. The Morgan fingerprint density at radius 1 is 1.22 bits per heavy atom. The number of hydrogen-bond donors (Lipinski definition) is 0. The molecular weight excluding hydrogens is 227 g/mol. The predicted molar refractivity (Wildman–Crippen MR) is 66.6 cm³/mol. The van der Waals surface area contributed by atoms with E-state index in [0.29, 0.717) is 22.3 Å². The third-order valence-electron chi connectivity index (χ3n) is 2.88. The third kappa shape index (κ3) is 1.97. The van der Waals surface area contributed by atoms with Gasteiger partial charge in [0.05, 0.1) is 16.9 Å². The number of nitriles is 2. The summed E-state index contributed by atoms with van der Waals surface area (Å²) in [7, 11) is -0.577. The highest BCUT2D eigenvalue weighted by Gasteiger charge is 2.42. The Balaban J connectivity index is 2.35. The monoisotopic (exact) mass is 238 g/mol. The van der Waals surface area contributed by atoms with Crippen LogP contribution in [0.5, 0.6) is 0 Å². The molecule has 0 amide bonds. The molecule has 0 bridgehead atoms. The predicted octanol–water partition coefficient (Wildman–Crippen LogP) is 1.46. The van der Waals surface area contributed by atoms with Crippen molar-refractivity contribution in [1.82, 2.24) is 0 Å². The van der Waals surface area contributed by atoms with E-state index in [4.69, 9.17) is 19.8 Å². The second-order valence-corrected chi connectivity index (χ2v) is 4.53. The Morgan fingerprint density at radius 2 is 1.89 bits per heavy atom. The summed E-state index contributed by atoms with van der Waals surface area (Å²) < 4.78 is 11.2. The van der Waals surface area contributed by atoms with Crippen molar-refractivity contribution in [3.05, 3.63) is 41.7 Å². The summed E-state index contributed by atoms with van der Waals surface area (Å²) in [5, 5.41) is 17.8. The molecule has 1 saturated heterocycles. The van der Waals surface area contributed by atoms with Crippen LogP contribution < -0.4 is 5.46 Å². The average molecular weight is 238 g/mol. The van der Waals surface area contributed by atoms with Gasteiger partial charge in [0.25, 0.3) is 0 Å². The largest absolute Gasteiger partial charge is 0.563 e. The Hall–Kier alpha value is -2.24. The fourth-order valence-electron chi connectivity index (χ4n) is 1.66. The molecule has 0 atom stereocenters. The van der Waals surface area contributed by atoms with Crippen LogP contribution in [-0.4, -0.2) is 12.7 Å². The standard InChI is InChI=1S/C13H11BN2O2/c1-9-13(2,3)18-14(17-9)12-5-4-10(7-15)11(6-12)8-16/h4-6H,1H2,2-3H3. The maximum absolute atomic E-state index is 8.97. The Morgan fingerprint density at radius 3 is 2.39 bits per heavy atom. The highest BCUT2D eigenvalue weighted by molar-refractivity contribution is 6.62. The first-order valence-corrected chi connectivity index (χ1v) is 5.46. The van der Waals surface area contributed by atoms with E-state index in [1.807, 2.05) is 26.0 Å². The third-order valence-corrected chi connectivity index (χ3v) is 2.88. The first-order chi connectivity index (χ1) is 8.47. The summed E-state index contributed by atoms with van der Waals surface area (Å²) >= 11 is 0. The smallest absolute Gasteiger partial charge is 0.534 e. The molecule has 1 aromatic rings. The van der Waals surface area contributed by atoms with Gasteiger partial charge in [0.2, 0.25) is 0 Å². The van der Waals surface area contributed by atoms with Crippen molar-refractivity contribution < 1.29 is 9.31 Å². The molecule has 0 unspecified atom stereocenters. The summed E-state index contributed by atoms with van der Waals surface area (Å²) in [5.41, 5.74) is 0.817. The number of rotatable bonds is 1. The Kier molecular flexibility index (Phi) is 2.86. The van der Waals surface area contributed by atoms with Crippen molar-refractivity contribution >= 4 is 12.6 Å². The van der Waals surface area contributed by atoms with Gasteiger partial charge in [0.15, 0.2) is 0 Å². The zero-order chi connectivity index (χ0) is 13.3.